The lowest BCUT2D eigenvalue weighted by Gasteiger charge is -1.99. The van der Waals surface area contributed by atoms with E-state index in [-0.39, 0.29) is 11.3 Å². The highest BCUT2D eigenvalue weighted by Gasteiger charge is 2.07. The van der Waals surface area contributed by atoms with E-state index in [1.165, 1.54) is 17.6 Å². The SMILES string of the molecule is C=C(C)C(N)=O.O=C(NO)c1ccccc1O. The number of aromatic hydroxyl groups is 1. The summed E-state index contributed by atoms with van der Waals surface area (Å²) in [7, 11) is 0. The molecule has 1 rings (SSSR count). The summed E-state index contributed by atoms with van der Waals surface area (Å²) < 4.78 is 0. The van der Waals surface area contributed by atoms with Gasteiger partial charge >= 0.3 is 0 Å². The van der Waals surface area contributed by atoms with E-state index in [0.29, 0.717) is 5.57 Å². The zero-order valence-electron chi connectivity index (χ0n) is 9.30. The number of hydrogen-bond acceptors (Lipinski definition) is 4. The fraction of sp³-hybridized carbons (Fsp3) is 0.0909. The zero-order chi connectivity index (χ0) is 13.4. The first kappa shape index (κ1) is 14.7. The van der Waals surface area contributed by atoms with Gasteiger partial charge in [0.15, 0.2) is 0 Å². The van der Waals surface area contributed by atoms with Crippen molar-refractivity contribution in [1.29, 1.82) is 0 Å². The van der Waals surface area contributed by atoms with Gasteiger partial charge in [-0.1, -0.05) is 18.7 Å². The summed E-state index contributed by atoms with van der Waals surface area (Å²) in [5.74, 6) is -1.31. The van der Waals surface area contributed by atoms with Crippen molar-refractivity contribution < 1.29 is 19.9 Å². The second-order valence-corrected chi connectivity index (χ2v) is 3.10. The maximum Gasteiger partial charge on any atom is 0.278 e. The van der Waals surface area contributed by atoms with Gasteiger partial charge in [0.05, 0.1) is 5.56 Å². The van der Waals surface area contributed by atoms with Crippen molar-refractivity contribution in [2.75, 3.05) is 0 Å². The minimum atomic E-state index is -0.719. The normalized spacial score (nSPS) is 8.59. The molecule has 0 bridgehead atoms. The minimum Gasteiger partial charge on any atom is -0.507 e. The number of carbonyl (C=O) groups is 2. The van der Waals surface area contributed by atoms with Gasteiger partial charge in [0.2, 0.25) is 5.91 Å². The van der Waals surface area contributed by atoms with Gasteiger partial charge in [0, 0.05) is 5.57 Å². The first-order valence-electron chi connectivity index (χ1n) is 4.58. The van der Waals surface area contributed by atoms with Crippen LogP contribution in [-0.4, -0.2) is 22.1 Å². The molecule has 0 fully saturated rings. The summed E-state index contributed by atoms with van der Waals surface area (Å²) in [4.78, 5) is 20.5. The lowest BCUT2D eigenvalue weighted by molar-refractivity contribution is -0.114. The van der Waals surface area contributed by atoms with Crippen LogP contribution in [0.25, 0.3) is 0 Å². The van der Waals surface area contributed by atoms with Crippen LogP contribution in [-0.2, 0) is 4.79 Å². The summed E-state index contributed by atoms with van der Waals surface area (Å²) in [6.45, 7) is 4.85. The van der Waals surface area contributed by atoms with Crippen LogP contribution in [0.15, 0.2) is 36.4 Å². The number of hydroxylamine groups is 1. The third-order valence-corrected chi connectivity index (χ3v) is 1.67. The standard InChI is InChI=1S/C7H7NO3.C4H7NO/c9-6-4-2-1-3-5(6)7(10)8-11;1-3(2)4(5)6/h1-4,9,11H,(H,8,10);1H2,2H3,(H2,5,6). The Hall–Kier alpha value is -2.34. The van der Waals surface area contributed by atoms with Crippen LogP contribution in [0, 0.1) is 0 Å². The Balaban J connectivity index is 0.000000366. The van der Waals surface area contributed by atoms with E-state index in [9.17, 15) is 9.59 Å². The second kappa shape index (κ2) is 7.02. The topological polar surface area (TPSA) is 113 Å². The minimum absolute atomic E-state index is 0.0509. The lowest BCUT2D eigenvalue weighted by atomic mass is 10.2. The van der Waals surface area contributed by atoms with Crippen LogP contribution < -0.4 is 11.2 Å². The van der Waals surface area contributed by atoms with Crippen LogP contribution in [0.4, 0.5) is 0 Å². The summed E-state index contributed by atoms with van der Waals surface area (Å²) in [5.41, 5.74) is 6.57. The van der Waals surface area contributed by atoms with Gasteiger partial charge in [-0.05, 0) is 19.1 Å². The molecule has 0 heterocycles. The van der Waals surface area contributed by atoms with Gasteiger partial charge in [-0.25, -0.2) is 5.48 Å². The summed E-state index contributed by atoms with van der Waals surface area (Å²) in [6, 6.07) is 5.94. The molecular formula is C11H14N2O4. The highest BCUT2D eigenvalue weighted by atomic mass is 16.5. The van der Waals surface area contributed by atoms with Crippen LogP contribution in [0.3, 0.4) is 0 Å². The number of carbonyl (C=O) groups excluding carboxylic acids is 2. The molecule has 1 aromatic rings. The van der Waals surface area contributed by atoms with Gasteiger partial charge in [-0.3, -0.25) is 14.8 Å². The maximum absolute atomic E-state index is 10.7. The van der Waals surface area contributed by atoms with Crippen LogP contribution in [0.1, 0.15) is 17.3 Å². The molecule has 2 amide bonds. The van der Waals surface area contributed by atoms with Crippen molar-refractivity contribution in [2.45, 2.75) is 6.92 Å². The predicted molar refractivity (Wildman–Crippen MR) is 61.4 cm³/mol. The van der Waals surface area contributed by atoms with Crippen molar-refractivity contribution in [3.05, 3.63) is 42.0 Å². The van der Waals surface area contributed by atoms with E-state index in [1.54, 1.807) is 19.1 Å². The quantitative estimate of drug-likeness (QED) is 0.342. The molecule has 0 radical (unpaired) electrons. The Bertz CT molecular complexity index is 417. The molecule has 0 saturated carbocycles. The number of amides is 2. The first-order valence-corrected chi connectivity index (χ1v) is 4.58. The third-order valence-electron chi connectivity index (χ3n) is 1.67. The number of phenolic OH excluding ortho intramolecular Hbond substituents is 1. The largest absolute Gasteiger partial charge is 0.507 e. The number of benzene rings is 1. The van der Waals surface area contributed by atoms with E-state index in [1.807, 2.05) is 0 Å². The first-order chi connectivity index (χ1) is 7.90. The Labute approximate surface area is 98.3 Å². The van der Waals surface area contributed by atoms with Crippen LogP contribution in [0.2, 0.25) is 0 Å². The summed E-state index contributed by atoms with van der Waals surface area (Å²) in [6.07, 6.45) is 0. The molecule has 6 nitrogen and oxygen atoms in total. The molecule has 0 aliphatic heterocycles. The smallest absolute Gasteiger partial charge is 0.278 e. The Kier molecular flexibility index (Phi) is 6.05. The average molecular weight is 238 g/mol. The highest BCUT2D eigenvalue weighted by molar-refractivity contribution is 5.95. The van der Waals surface area contributed by atoms with Gasteiger partial charge in [-0.2, -0.15) is 0 Å². The number of phenols is 1. The number of para-hydroxylation sites is 1. The van der Waals surface area contributed by atoms with Crippen molar-refractivity contribution in [2.24, 2.45) is 5.73 Å². The average Bonchev–Trinajstić information content (AvgIpc) is 2.29. The molecule has 5 N–H and O–H groups in total. The molecule has 0 spiro atoms. The molecule has 0 aromatic heterocycles. The fourth-order valence-corrected chi connectivity index (χ4v) is 0.726. The number of primary amides is 1. The monoisotopic (exact) mass is 238 g/mol. The number of nitrogens with one attached hydrogen (secondary N) is 1. The van der Waals surface area contributed by atoms with E-state index >= 15 is 0 Å². The van der Waals surface area contributed by atoms with Gasteiger partial charge in [0.25, 0.3) is 5.91 Å². The summed E-state index contributed by atoms with van der Waals surface area (Å²) in [5, 5.41) is 17.2. The van der Waals surface area contributed by atoms with Gasteiger partial charge in [-0.15, -0.1) is 0 Å². The molecule has 0 aliphatic carbocycles. The molecule has 0 atom stereocenters. The van der Waals surface area contributed by atoms with Crippen LogP contribution >= 0.6 is 0 Å². The molecule has 0 saturated heterocycles. The maximum atomic E-state index is 10.7. The van der Waals surface area contributed by atoms with Crippen molar-refractivity contribution >= 4 is 11.8 Å². The van der Waals surface area contributed by atoms with E-state index in [2.05, 4.69) is 6.58 Å². The zero-order valence-corrected chi connectivity index (χ0v) is 9.30. The molecular weight excluding hydrogens is 224 g/mol. The molecule has 17 heavy (non-hydrogen) atoms. The Morgan fingerprint density at radius 1 is 1.35 bits per heavy atom. The third kappa shape index (κ3) is 5.33. The second-order valence-electron chi connectivity index (χ2n) is 3.10. The molecule has 0 aliphatic rings. The van der Waals surface area contributed by atoms with Crippen molar-refractivity contribution in [3.8, 4) is 5.75 Å². The predicted octanol–water partition coefficient (Wildman–Crippen LogP) is 0.559. The fourth-order valence-electron chi connectivity index (χ4n) is 0.726. The van der Waals surface area contributed by atoms with E-state index < -0.39 is 11.8 Å². The van der Waals surface area contributed by atoms with Crippen LogP contribution in [0.5, 0.6) is 5.75 Å². The number of hydrogen-bond donors (Lipinski definition) is 4. The number of nitrogens with two attached hydrogens (primary N) is 1. The lowest BCUT2D eigenvalue weighted by Crippen LogP contribution is -2.18. The van der Waals surface area contributed by atoms with Gasteiger partial charge < -0.3 is 10.8 Å². The number of rotatable bonds is 2. The molecule has 0 unspecified atom stereocenters. The molecule has 92 valence electrons. The van der Waals surface area contributed by atoms with E-state index in [0.717, 1.165) is 0 Å². The Morgan fingerprint density at radius 3 is 2.18 bits per heavy atom. The molecule has 1 aromatic carbocycles. The van der Waals surface area contributed by atoms with E-state index in [4.69, 9.17) is 16.0 Å². The Morgan fingerprint density at radius 2 is 1.82 bits per heavy atom. The van der Waals surface area contributed by atoms with Crippen molar-refractivity contribution in [3.63, 3.8) is 0 Å². The van der Waals surface area contributed by atoms with Gasteiger partial charge in [0.1, 0.15) is 5.75 Å². The highest BCUT2D eigenvalue weighted by Crippen LogP contribution is 2.14. The van der Waals surface area contributed by atoms with Crippen molar-refractivity contribution in [1.82, 2.24) is 5.48 Å². The molecule has 6 heteroatoms. The summed E-state index contributed by atoms with van der Waals surface area (Å²) >= 11 is 0.